The van der Waals surface area contributed by atoms with Crippen molar-refractivity contribution in [3.05, 3.63) is 99.1 Å². The summed E-state index contributed by atoms with van der Waals surface area (Å²) in [6.45, 7) is 4.29. The van der Waals surface area contributed by atoms with Gasteiger partial charge in [-0.3, -0.25) is 13.9 Å². The van der Waals surface area contributed by atoms with Crippen LogP contribution in [0, 0.1) is 10.5 Å². The molecule has 39 heavy (non-hydrogen) atoms. The molecule has 0 fully saturated rings. The minimum atomic E-state index is -3.78. The molecule has 0 aromatic heterocycles. The Hall–Kier alpha value is -2.92. The smallest absolute Gasteiger partial charge is 0.244 e. The SMILES string of the molecule is CCCCNC(=O)[C@@H](Cc1ccccc1)N(Cc1ccc(C)cc1)C(=O)CN(c1ccc(I)cc1)S(C)(=O)=O. The highest BCUT2D eigenvalue weighted by Gasteiger charge is 2.32. The first-order chi connectivity index (χ1) is 18.6. The lowest BCUT2D eigenvalue weighted by molar-refractivity contribution is -0.140. The number of sulfonamides is 1. The Kier molecular flexibility index (Phi) is 11.4. The molecule has 0 aliphatic heterocycles. The Bertz CT molecular complexity index is 1330. The molecule has 2 amide bonds. The van der Waals surface area contributed by atoms with Crippen LogP contribution in [0.15, 0.2) is 78.9 Å². The van der Waals surface area contributed by atoms with E-state index in [-0.39, 0.29) is 12.5 Å². The Morgan fingerprint density at radius 2 is 1.56 bits per heavy atom. The first kappa shape index (κ1) is 30.6. The van der Waals surface area contributed by atoms with Gasteiger partial charge in [-0.1, -0.05) is 73.5 Å². The maximum Gasteiger partial charge on any atom is 0.244 e. The van der Waals surface area contributed by atoms with E-state index < -0.39 is 28.5 Å². The molecule has 9 heteroatoms. The van der Waals surface area contributed by atoms with Gasteiger partial charge < -0.3 is 10.2 Å². The highest BCUT2D eigenvalue weighted by Crippen LogP contribution is 2.21. The van der Waals surface area contributed by atoms with Crippen LogP contribution in [0.2, 0.25) is 0 Å². The van der Waals surface area contributed by atoms with Crippen LogP contribution < -0.4 is 9.62 Å². The highest BCUT2D eigenvalue weighted by atomic mass is 127. The van der Waals surface area contributed by atoms with Gasteiger partial charge in [0.25, 0.3) is 0 Å². The van der Waals surface area contributed by atoms with Crippen molar-refractivity contribution in [1.82, 2.24) is 10.2 Å². The summed E-state index contributed by atoms with van der Waals surface area (Å²) in [5.41, 5.74) is 3.24. The zero-order chi connectivity index (χ0) is 28.4. The molecule has 0 unspecified atom stereocenters. The lowest BCUT2D eigenvalue weighted by atomic mass is 10.0. The van der Waals surface area contributed by atoms with Crippen molar-refractivity contribution in [1.29, 1.82) is 0 Å². The Balaban J connectivity index is 2.01. The fraction of sp³-hybridized carbons (Fsp3) is 0.333. The summed E-state index contributed by atoms with van der Waals surface area (Å²) in [7, 11) is -3.78. The first-order valence-corrected chi connectivity index (χ1v) is 15.9. The molecule has 0 saturated heterocycles. The van der Waals surface area contributed by atoms with E-state index in [1.165, 1.54) is 4.90 Å². The maximum atomic E-state index is 14.0. The number of unbranched alkanes of at least 4 members (excludes halogenated alkanes) is 1. The van der Waals surface area contributed by atoms with Gasteiger partial charge in [0.1, 0.15) is 12.6 Å². The van der Waals surface area contributed by atoms with Gasteiger partial charge in [-0.25, -0.2) is 8.42 Å². The number of carbonyl (C=O) groups excluding carboxylic acids is 2. The number of amides is 2. The van der Waals surface area contributed by atoms with Gasteiger partial charge in [0, 0.05) is 23.1 Å². The van der Waals surface area contributed by atoms with Crippen LogP contribution >= 0.6 is 22.6 Å². The summed E-state index contributed by atoms with van der Waals surface area (Å²) in [6.07, 6.45) is 3.14. The van der Waals surface area contributed by atoms with E-state index in [0.717, 1.165) is 43.7 Å². The van der Waals surface area contributed by atoms with Crippen LogP contribution in [0.5, 0.6) is 0 Å². The fourth-order valence-electron chi connectivity index (χ4n) is 4.17. The standard InChI is InChI=1S/C30H36IN3O4S/c1-4-5-19-32-30(36)28(20-24-9-7-6-8-10-24)33(21-25-13-11-23(2)12-14-25)29(35)22-34(39(3,37)38)27-17-15-26(31)16-18-27/h6-18,28H,4-5,19-22H2,1-3H3,(H,32,36)/t28-/m1/s1. The van der Waals surface area contributed by atoms with Gasteiger partial charge in [-0.15, -0.1) is 0 Å². The number of aryl methyl sites for hydroxylation is 1. The minimum absolute atomic E-state index is 0.169. The average molecular weight is 662 g/mol. The number of nitrogens with one attached hydrogen (secondary N) is 1. The van der Waals surface area contributed by atoms with Crippen molar-refractivity contribution in [2.75, 3.05) is 23.7 Å². The number of halogens is 1. The van der Waals surface area contributed by atoms with Crippen LogP contribution in [-0.4, -0.2) is 50.5 Å². The largest absolute Gasteiger partial charge is 0.354 e. The maximum absolute atomic E-state index is 14.0. The van der Waals surface area contributed by atoms with Gasteiger partial charge in [0.2, 0.25) is 21.8 Å². The number of hydrogen-bond donors (Lipinski definition) is 1. The van der Waals surface area contributed by atoms with Crippen LogP contribution in [-0.2, 0) is 32.6 Å². The van der Waals surface area contributed by atoms with E-state index in [9.17, 15) is 18.0 Å². The van der Waals surface area contributed by atoms with Gasteiger partial charge in [0.15, 0.2) is 0 Å². The summed E-state index contributed by atoms with van der Waals surface area (Å²) in [5.74, 6) is -0.709. The molecule has 7 nitrogen and oxygen atoms in total. The van der Waals surface area contributed by atoms with E-state index in [1.807, 2.05) is 68.4 Å². The molecule has 0 radical (unpaired) electrons. The van der Waals surface area contributed by atoms with E-state index in [4.69, 9.17) is 0 Å². The average Bonchev–Trinajstić information content (AvgIpc) is 2.91. The second-order valence-corrected chi connectivity index (χ2v) is 12.8. The topological polar surface area (TPSA) is 86.8 Å². The monoisotopic (exact) mass is 661 g/mol. The molecule has 1 atom stereocenters. The van der Waals surface area contributed by atoms with Gasteiger partial charge >= 0.3 is 0 Å². The molecule has 3 aromatic rings. The Labute approximate surface area is 245 Å². The van der Waals surface area contributed by atoms with Crippen molar-refractivity contribution in [2.24, 2.45) is 0 Å². The fourth-order valence-corrected chi connectivity index (χ4v) is 5.38. The normalized spacial score (nSPS) is 12.0. The molecule has 1 N–H and O–H groups in total. The molecule has 3 rings (SSSR count). The molecule has 0 heterocycles. The molecule has 0 aliphatic rings. The summed E-state index contributed by atoms with van der Waals surface area (Å²) >= 11 is 2.14. The number of nitrogens with zero attached hydrogens (tertiary/aromatic N) is 2. The third-order valence-corrected chi connectivity index (χ3v) is 8.23. The molecule has 0 bridgehead atoms. The summed E-state index contributed by atoms with van der Waals surface area (Å²) < 4.78 is 27.7. The van der Waals surface area contributed by atoms with Gasteiger partial charge in [0.05, 0.1) is 11.9 Å². The number of carbonyl (C=O) groups is 2. The molecule has 0 spiro atoms. The number of rotatable bonds is 13. The third kappa shape index (κ3) is 9.35. The van der Waals surface area contributed by atoms with Crippen molar-refractivity contribution >= 4 is 50.1 Å². The van der Waals surface area contributed by atoms with Crippen LogP contribution in [0.4, 0.5) is 5.69 Å². The molecule has 3 aromatic carbocycles. The Morgan fingerprint density at radius 3 is 2.15 bits per heavy atom. The highest BCUT2D eigenvalue weighted by molar-refractivity contribution is 14.1. The van der Waals surface area contributed by atoms with E-state index in [0.29, 0.717) is 18.7 Å². The lowest BCUT2D eigenvalue weighted by Gasteiger charge is -2.33. The van der Waals surface area contributed by atoms with Gasteiger partial charge in [-0.05, 0) is 71.3 Å². The summed E-state index contributed by atoms with van der Waals surface area (Å²) in [6, 6.07) is 23.4. The molecular weight excluding hydrogens is 625 g/mol. The number of benzene rings is 3. The predicted octanol–water partition coefficient (Wildman–Crippen LogP) is 4.92. The van der Waals surface area contributed by atoms with Crippen molar-refractivity contribution < 1.29 is 18.0 Å². The first-order valence-electron chi connectivity index (χ1n) is 13.0. The van der Waals surface area contributed by atoms with E-state index >= 15 is 0 Å². The van der Waals surface area contributed by atoms with Crippen molar-refractivity contribution in [3.8, 4) is 0 Å². The quantitative estimate of drug-likeness (QED) is 0.208. The van der Waals surface area contributed by atoms with Crippen LogP contribution in [0.1, 0.15) is 36.5 Å². The van der Waals surface area contributed by atoms with Crippen LogP contribution in [0.3, 0.4) is 0 Å². The predicted molar refractivity (Wildman–Crippen MR) is 165 cm³/mol. The lowest BCUT2D eigenvalue weighted by Crippen LogP contribution is -2.53. The summed E-state index contributed by atoms with van der Waals surface area (Å²) in [4.78, 5) is 29.1. The van der Waals surface area contributed by atoms with E-state index in [2.05, 4.69) is 27.9 Å². The Morgan fingerprint density at radius 1 is 0.923 bits per heavy atom. The zero-order valence-corrected chi connectivity index (χ0v) is 25.6. The molecule has 208 valence electrons. The van der Waals surface area contributed by atoms with Crippen molar-refractivity contribution in [3.63, 3.8) is 0 Å². The summed E-state index contributed by atoms with van der Waals surface area (Å²) in [5, 5.41) is 2.99. The van der Waals surface area contributed by atoms with E-state index in [1.54, 1.807) is 24.3 Å². The van der Waals surface area contributed by atoms with Crippen molar-refractivity contribution in [2.45, 2.75) is 45.7 Å². The second-order valence-electron chi connectivity index (χ2n) is 9.60. The third-order valence-electron chi connectivity index (χ3n) is 6.37. The van der Waals surface area contributed by atoms with Crippen LogP contribution in [0.25, 0.3) is 0 Å². The van der Waals surface area contributed by atoms with Gasteiger partial charge in [-0.2, -0.15) is 0 Å². The zero-order valence-electron chi connectivity index (χ0n) is 22.6. The molecular formula is C30H36IN3O4S. The minimum Gasteiger partial charge on any atom is -0.354 e. The second kappa shape index (κ2) is 14.5. The number of anilines is 1. The molecule has 0 aliphatic carbocycles. The molecule has 0 saturated carbocycles. The number of hydrogen-bond acceptors (Lipinski definition) is 4.